The molecule has 1 aromatic heterocycles. The van der Waals surface area contributed by atoms with Gasteiger partial charge in [-0.05, 0) is 49.2 Å². The third kappa shape index (κ3) is 5.61. The van der Waals surface area contributed by atoms with E-state index in [9.17, 15) is 22.4 Å². The summed E-state index contributed by atoms with van der Waals surface area (Å²) < 4.78 is 53.0. The number of alkyl halides is 3. The van der Waals surface area contributed by atoms with Gasteiger partial charge >= 0.3 is 6.18 Å². The number of amides is 1. The van der Waals surface area contributed by atoms with Crippen molar-refractivity contribution in [1.29, 1.82) is 0 Å². The summed E-state index contributed by atoms with van der Waals surface area (Å²) in [6.45, 7) is 5.47. The lowest BCUT2D eigenvalue weighted by Gasteiger charge is -2.36. The van der Waals surface area contributed by atoms with Gasteiger partial charge in [0.25, 0.3) is 5.91 Å². The maximum atomic E-state index is 13.8. The van der Waals surface area contributed by atoms with Gasteiger partial charge in [-0.3, -0.25) is 4.79 Å². The number of benzene rings is 2. The third-order valence-electron chi connectivity index (χ3n) is 6.09. The predicted octanol–water partition coefficient (Wildman–Crippen LogP) is 5.06. The Labute approximate surface area is 201 Å². The molecule has 0 aliphatic carbocycles. The number of halogens is 4. The number of hydrogen-bond donors (Lipinski definition) is 0. The third-order valence-corrected chi connectivity index (χ3v) is 6.09. The first-order chi connectivity index (χ1) is 16.7. The number of hydrogen-bond acceptors (Lipinski definition) is 4. The quantitative estimate of drug-likeness (QED) is 0.473. The second-order valence-corrected chi connectivity index (χ2v) is 8.54. The van der Waals surface area contributed by atoms with Gasteiger partial charge in [-0.1, -0.05) is 25.1 Å². The van der Waals surface area contributed by atoms with E-state index in [1.54, 1.807) is 11.0 Å². The van der Waals surface area contributed by atoms with Crippen molar-refractivity contribution >= 4 is 11.7 Å². The molecule has 0 radical (unpaired) electrons. The van der Waals surface area contributed by atoms with Crippen LogP contribution in [0.5, 0.6) is 0 Å². The average molecular weight is 487 g/mol. The summed E-state index contributed by atoms with van der Waals surface area (Å²) in [7, 11) is 0. The van der Waals surface area contributed by atoms with Crippen LogP contribution in [0.1, 0.15) is 45.5 Å². The minimum atomic E-state index is -4.51. The molecule has 0 N–H and O–H groups in total. The molecule has 1 amide bonds. The Bertz CT molecular complexity index is 1220. The number of carbonyl (C=O) groups excluding carboxylic acids is 1. The van der Waals surface area contributed by atoms with Crippen molar-refractivity contribution in [3.8, 4) is 0 Å². The van der Waals surface area contributed by atoms with Crippen LogP contribution in [0, 0.1) is 12.7 Å². The molecule has 4 rings (SSSR count). The van der Waals surface area contributed by atoms with Crippen LogP contribution in [0.4, 0.5) is 23.4 Å². The van der Waals surface area contributed by atoms with Crippen molar-refractivity contribution < 1.29 is 22.4 Å². The molecule has 2 aromatic carbocycles. The summed E-state index contributed by atoms with van der Waals surface area (Å²) in [4.78, 5) is 25.8. The fourth-order valence-electron chi connectivity index (χ4n) is 4.36. The van der Waals surface area contributed by atoms with Crippen molar-refractivity contribution in [2.45, 2.75) is 32.9 Å². The van der Waals surface area contributed by atoms with Gasteiger partial charge in [0, 0.05) is 49.4 Å². The van der Waals surface area contributed by atoms with Crippen molar-refractivity contribution in [2.24, 2.45) is 0 Å². The van der Waals surface area contributed by atoms with Crippen LogP contribution in [0.3, 0.4) is 0 Å². The van der Waals surface area contributed by atoms with Gasteiger partial charge in [0.05, 0.1) is 5.56 Å². The minimum Gasteiger partial charge on any atom is -0.353 e. The van der Waals surface area contributed by atoms with E-state index in [2.05, 4.69) is 14.9 Å². The zero-order chi connectivity index (χ0) is 25.2. The topological polar surface area (TPSA) is 49.3 Å². The molecule has 2 heterocycles. The second kappa shape index (κ2) is 10.0. The van der Waals surface area contributed by atoms with Gasteiger partial charge in [0.1, 0.15) is 17.5 Å². The number of piperazine rings is 1. The molecule has 0 spiro atoms. The first kappa shape index (κ1) is 24.6. The minimum absolute atomic E-state index is 0.0196. The first-order valence-corrected chi connectivity index (χ1v) is 11.5. The van der Waals surface area contributed by atoms with Crippen LogP contribution >= 0.6 is 0 Å². The van der Waals surface area contributed by atoms with Gasteiger partial charge in [-0.2, -0.15) is 13.2 Å². The lowest BCUT2D eigenvalue weighted by molar-refractivity contribution is -0.137. The van der Waals surface area contributed by atoms with Gasteiger partial charge < -0.3 is 9.80 Å². The van der Waals surface area contributed by atoms with E-state index in [-0.39, 0.29) is 11.4 Å². The molecule has 35 heavy (non-hydrogen) atoms. The highest BCUT2D eigenvalue weighted by Crippen LogP contribution is 2.30. The Balaban J connectivity index is 1.54. The van der Waals surface area contributed by atoms with Crippen molar-refractivity contribution in [3.05, 3.63) is 88.1 Å². The number of aromatic nitrogens is 2. The van der Waals surface area contributed by atoms with Crippen LogP contribution in [0.15, 0.2) is 48.5 Å². The van der Waals surface area contributed by atoms with E-state index >= 15 is 0 Å². The van der Waals surface area contributed by atoms with E-state index in [4.69, 9.17) is 0 Å². The van der Waals surface area contributed by atoms with Gasteiger partial charge in [0.2, 0.25) is 0 Å². The number of rotatable bonds is 5. The summed E-state index contributed by atoms with van der Waals surface area (Å²) in [5.41, 5.74) is 1.80. The summed E-state index contributed by atoms with van der Waals surface area (Å²) in [5.74, 6) is 0.646. The van der Waals surface area contributed by atoms with Gasteiger partial charge in [-0.15, -0.1) is 0 Å². The van der Waals surface area contributed by atoms with Crippen LogP contribution < -0.4 is 4.90 Å². The standard InChI is InChI=1S/C26H26F4N4O/c1-3-23-22(15-18-6-4-9-21(27)14-18)24(32-17(2)31-23)33-10-12-34(13-11-33)25(35)19-7-5-8-20(16-19)26(28,29)30/h4-9,14,16H,3,10-13,15H2,1-2H3. The van der Waals surface area contributed by atoms with E-state index in [1.165, 1.54) is 24.3 Å². The molecule has 0 unspecified atom stereocenters. The molecule has 0 bridgehead atoms. The first-order valence-electron chi connectivity index (χ1n) is 11.5. The van der Waals surface area contributed by atoms with E-state index in [0.29, 0.717) is 44.8 Å². The number of nitrogens with zero attached hydrogens (tertiary/aromatic N) is 4. The smallest absolute Gasteiger partial charge is 0.353 e. The lowest BCUT2D eigenvalue weighted by atomic mass is 10.0. The van der Waals surface area contributed by atoms with Crippen LogP contribution in [-0.4, -0.2) is 47.0 Å². The Morgan fingerprint density at radius 3 is 2.37 bits per heavy atom. The number of aryl methyl sites for hydroxylation is 2. The van der Waals surface area contributed by atoms with Crippen molar-refractivity contribution in [1.82, 2.24) is 14.9 Å². The molecule has 0 saturated carbocycles. The summed E-state index contributed by atoms with van der Waals surface area (Å²) in [6, 6.07) is 10.9. The Kier molecular flexibility index (Phi) is 7.05. The Morgan fingerprint density at radius 2 is 1.71 bits per heavy atom. The van der Waals surface area contributed by atoms with Crippen LogP contribution in [0.25, 0.3) is 0 Å². The number of anilines is 1. The zero-order valence-corrected chi connectivity index (χ0v) is 19.6. The Hall–Kier alpha value is -3.49. The van der Waals surface area contributed by atoms with E-state index < -0.39 is 17.6 Å². The van der Waals surface area contributed by atoms with E-state index in [1.807, 2.05) is 19.9 Å². The predicted molar refractivity (Wildman–Crippen MR) is 125 cm³/mol. The van der Waals surface area contributed by atoms with Gasteiger partial charge in [-0.25, -0.2) is 14.4 Å². The molecule has 1 aliphatic rings. The van der Waals surface area contributed by atoms with Crippen molar-refractivity contribution in [2.75, 3.05) is 31.1 Å². The Morgan fingerprint density at radius 1 is 1.00 bits per heavy atom. The SMILES string of the molecule is CCc1nc(C)nc(N2CCN(C(=O)c3cccc(C(F)(F)F)c3)CC2)c1Cc1cccc(F)c1. The molecule has 1 saturated heterocycles. The molecule has 1 aliphatic heterocycles. The second-order valence-electron chi connectivity index (χ2n) is 8.54. The normalized spacial score (nSPS) is 14.3. The molecule has 5 nitrogen and oxygen atoms in total. The molecular weight excluding hydrogens is 460 g/mol. The highest BCUT2D eigenvalue weighted by molar-refractivity contribution is 5.94. The number of carbonyl (C=O) groups is 1. The summed E-state index contributed by atoms with van der Waals surface area (Å²) >= 11 is 0. The van der Waals surface area contributed by atoms with Gasteiger partial charge in [0.15, 0.2) is 0 Å². The molecule has 0 atom stereocenters. The maximum absolute atomic E-state index is 13.8. The summed E-state index contributed by atoms with van der Waals surface area (Å²) in [6.07, 6.45) is -3.34. The van der Waals surface area contributed by atoms with Crippen LogP contribution in [0.2, 0.25) is 0 Å². The monoisotopic (exact) mass is 486 g/mol. The molecule has 3 aromatic rings. The maximum Gasteiger partial charge on any atom is 0.416 e. The van der Waals surface area contributed by atoms with Crippen molar-refractivity contribution in [3.63, 3.8) is 0 Å². The lowest BCUT2D eigenvalue weighted by Crippen LogP contribution is -2.49. The average Bonchev–Trinajstić information content (AvgIpc) is 2.84. The van der Waals surface area contributed by atoms with E-state index in [0.717, 1.165) is 34.8 Å². The molecule has 9 heteroatoms. The fourth-order valence-corrected chi connectivity index (χ4v) is 4.36. The fraction of sp³-hybridized carbons (Fsp3) is 0.346. The molecular formula is C26H26F4N4O. The van der Waals surface area contributed by atoms with Crippen LogP contribution in [-0.2, 0) is 19.0 Å². The molecule has 184 valence electrons. The zero-order valence-electron chi connectivity index (χ0n) is 19.6. The summed E-state index contributed by atoms with van der Waals surface area (Å²) in [5, 5.41) is 0. The molecule has 1 fully saturated rings. The largest absolute Gasteiger partial charge is 0.416 e. The highest BCUT2D eigenvalue weighted by Gasteiger charge is 2.32. The highest BCUT2D eigenvalue weighted by atomic mass is 19.4.